The van der Waals surface area contributed by atoms with Gasteiger partial charge in [-0.15, -0.1) is 0 Å². The summed E-state index contributed by atoms with van der Waals surface area (Å²) >= 11 is 0. The summed E-state index contributed by atoms with van der Waals surface area (Å²) in [7, 11) is 5.26. The summed E-state index contributed by atoms with van der Waals surface area (Å²) in [4.78, 5) is 90.2. The minimum absolute atomic E-state index is 0.219. The topological polar surface area (TPSA) is 148 Å². The Kier molecular flexibility index (Phi) is 13.7. The molecule has 3 aromatic carbocycles. The minimum Gasteiger partial charge on any atom is -0.344 e. The first kappa shape index (κ1) is 42.6. The van der Waals surface area contributed by atoms with Crippen LogP contribution in [0.3, 0.4) is 0 Å². The van der Waals surface area contributed by atoms with Crippen LogP contribution in [0.2, 0.25) is 0 Å². The number of carbonyl (C=O) groups excluding carboxylic acids is 6. The fourth-order valence-electron chi connectivity index (χ4n) is 9.94. The molecular weight excluding hydrogens is 757 g/mol. The van der Waals surface area contributed by atoms with Crippen molar-refractivity contribution in [3.63, 3.8) is 0 Å². The Morgan fingerprint density at radius 2 is 0.650 bits per heavy atom. The van der Waals surface area contributed by atoms with Crippen molar-refractivity contribution < 1.29 is 28.8 Å². The molecule has 6 bridgehead atoms. The van der Waals surface area contributed by atoms with Crippen LogP contribution in [0.4, 0.5) is 0 Å². The number of fused-ring (bicyclic) bond motifs is 6. The highest BCUT2D eigenvalue weighted by Crippen LogP contribution is 2.33. The van der Waals surface area contributed by atoms with E-state index in [-0.39, 0.29) is 53.6 Å². The molecule has 1 aliphatic heterocycles. The average molecular weight is 817 g/mol. The number of likely N-dealkylation sites (N-methyl/N-ethyl adjacent to an activating group) is 3. The smallest absolute Gasteiger partial charge is 0.245 e. The van der Waals surface area contributed by atoms with Gasteiger partial charge in [0, 0.05) is 76.3 Å². The Hall–Kier alpha value is -5.52. The zero-order valence-electron chi connectivity index (χ0n) is 35.1. The van der Waals surface area contributed by atoms with Crippen molar-refractivity contribution in [2.75, 3.05) is 21.1 Å². The lowest BCUT2D eigenvalue weighted by Crippen LogP contribution is -2.53. The molecule has 1 saturated heterocycles. The van der Waals surface area contributed by atoms with E-state index in [1.807, 2.05) is 91.0 Å². The lowest BCUT2D eigenvalue weighted by molar-refractivity contribution is -0.139. The molecule has 4 aliphatic rings. The zero-order chi connectivity index (χ0) is 42.3. The van der Waals surface area contributed by atoms with E-state index >= 15 is 0 Å². The van der Waals surface area contributed by atoms with Crippen LogP contribution in [0.15, 0.2) is 91.0 Å². The molecule has 12 heteroatoms. The van der Waals surface area contributed by atoms with E-state index in [0.717, 1.165) is 16.7 Å². The van der Waals surface area contributed by atoms with Crippen LogP contribution in [0, 0.1) is 17.8 Å². The molecule has 0 aromatic heterocycles. The molecular formula is C48H60N6O6. The fraction of sp³-hybridized carbons (Fsp3) is 0.500. The molecule has 9 atom stereocenters. The molecule has 3 N–H and O–H groups in total. The van der Waals surface area contributed by atoms with Gasteiger partial charge in [0.25, 0.3) is 0 Å². The van der Waals surface area contributed by atoms with Crippen molar-refractivity contribution in [2.24, 2.45) is 17.8 Å². The Morgan fingerprint density at radius 3 is 0.900 bits per heavy atom. The zero-order valence-corrected chi connectivity index (χ0v) is 35.1. The normalized spacial score (nSPS) is 29.9. The van der Waals surface area contributed by atoms with Gasteiger partial charge in [0.2, 0.25) is 35.4 Å². The number of amides is 6. The number of carbonyl (C=O) groups is 6. The molecule has 6 amide bonds. The van der Waals surface area contributed by atoms with Gasteiger partial charge in [-0.25, -0.2) is 0 Å². The predicted octanol–water partition coefficient (Wildman–Crippen LogP) is 4.06. The van der Waals surface area contributed by atoms with E-state index < -0.39 is 35.9 Å². The van der Waals surface area contributed by atoms with E-state index in [1.54, 1.807) is 35.8 Å². The van der Waals surface area contributed by atoms with Gasteiger partial charge in [0.05, 0.1) is 0 Å². The number of benzene rings is 3. The summed E-state index contributed by atoms with van der Waals surface area (Å²) in [5, 5.41) is 9.32. The van der Waals surface area contributed by atoms with E-state index in [1.165, 1.54) is 0 Å². The summed E-state index contributed by atoms with van der Waals surface area (Å²) in [5.41, 5.74) is 2.74. The van der Waals surface area contributed by atoms with Crippen LogP contribution in [-0.4, -0.2) is 108 Å². The Bertz CT molecular complexity index is 1770. The number of hydrogen-bond acceptors (Lipinski definition) is 6. The second kappa shape index (κ2) is 19.2. The van der Waals surface area contributed by atoms with Crippen molar-refractivity contribution in [1.82, 2.24) is 30.7 Å². The second-order valence-electron chi connectivity index (χ2n) is 17.6. The van der Waals surface area contributed by atoms with Crippen molar-refractivity contribution in [1.29, 1.82) is 0 Å². The van der Waals surface area contributed by atoms with Gasteiger partial charge in [-0.2, -0.15) is 0 Å². The highest BCUT2D eigenvalue weighted by molar-refractivity contribution is 5.92. The minimum atomic E-state index is -0.828. The first-order chi connectivity index (χ1) is 28.9. The quantitative estimate of drug-likeness (QED) is 0.342. The van der Waals surface area contributed by atoms with Crippen molar-refractivity contribution in [3.8, 4) is 0 Å². The van der Waals surface area contributed by atoms with Crippen LogP contribution in [-0.2, 0) is 48.0 Å². The van der Waals surface area contributed by atoms with Gasteiger partial charge in [-0.05, 0) is 74.5 Å². The largest absolute Gasteiger partial charge is 0.344 e. The molecule has 3 aromatic rings. The lowest BCUT2D eigenvalue weighted by Gasteiger charge is -2.32. The number of nitrogens with one attached hydrogen (secondary N) is 3. The maximum Gasteiger partial charge on any atom is 0.245 e. The third kappa shape index (κ3) is 10.1. The van der Waals surface area contributed by atoms with Crippen LogP contribution in [0.1, 0.15) is 74.5 Å². The summed E-state index contributed by atoms with van der Waals surface area (Å²) in [6.45, 7) is 0. The van der Waals surface area contributed by atoms with Gasteiger partial charge >= 0.3 is 0 Å². The van der Waals surface area contributed by atoms with E-state index in [4.69, 9.17) is 0 Å². The van der Waals surface area contributed by atoms with Crippen LogP contribution >= 0.6 is 0 Å². The van der Waals surface area contributed by atoms with Gasteiger partial charge in [0.1, 0.15) is 18.1 Å². The SMILES string of the molecule is CN1C(=O)[C@@H](Cc2ccccc2)NC(=O)[C@@H]2CC[C@@H](C2)N(C)C(=O)[C@@H](Cc2ccccc2)NC(=O)[C@@H]2CC[C@@H](C2)N(C)C(=O)[C@@H](Cc2ccccc2)NC(=O)[C@@H]2CC[C@H]1C2. The maximum atomic E-state index is 14.4. The molecule has 1 heterocycles. The number of hydrogen-bond donors (Lipinski definition) is 3. The molecule has 60 heavy (non-hydrogen) atoms. The Labute approximate surface area is 353 Å². The van der Waals surface area contributed by atoms with Crippen LogP contribution < -0.4 is 16.0 Å². The maximum absolute atomic E-state index is 14.4. The predicted molar refractivity (Wildman–Crippen MR) is 228 cm³/mol. The van der Waals surface area contributed by atoms with E-state index in [2.05, 4.69) is 16.0 Å². The van der Waals surface area contributed by atoms with Gasteiger partial charge in [0.15, 0.2) is 0 Å². The monoisotopic (exact) mass is 816 g/mol. The lowest BCUT2D eigenvalue weighted by atomic mass is 10.00. The van der Waals surface area contributed by atoms with Gasteiger partial charge in [-0.1, -0.05) is 91.0 Å². The van der Waals surface area contributed by atoms with E-state index in [0.29, 0.717) is 77.0 Å². The van der Waals surface area contributed by atoms with Crippen LogP contribution in [0.25, 0.3) is 0 Å². The molecule has 4 fully saturated rings. The van der Waals surface area contributed by atoms with Crippen LogP contribution in [0.5, 0.6) is 0 Å². The molecule has 0 unspecified atom stereocenters. The summed E-state index contributed by atoms with van der Waals surface area (Å²) < 4.78 is 0. The fourth-order valence-corrected chi connectivity index (χ4v) is 9.94. The summed E-state index contributed by atoms with van der Waals surface area (Å²) in [6.07, 6.45) is 5.78. The Balaban J connectivity index is 1.17. The number of rotatable bonds is 6. The van der Waals surface area contributed by atoms with Crippen molar-refractivity contribution in [3.05, 3.63) is 108 Å². The first-order valence-corrected chi connectivity index (χ1v) is 21.8. The third-order valence-electron chi connectivity index (χ3n) is 13.7. The molecule has 0 radical (unpaired) electrons. The third-order valence-corrected chi connectivity index (χ3v) is 13.7. The Morgan fingerprint density at radius 1 is 0.400 bits per heavy atom. The standard InChI is InChI=1S/C48H60N6O6/c1-52-37-22-19-34(28-37)43(55)50-41(26-32-15-9-5-10-16-32)47(59)54(3)39-24-21-36(30-39)45(57)51-42(27-33-17-11-6-12-18-33)48(60)53(2)38-23-20-35(29-38)44(56)49-40(46(52)58)25-31-13-7-4-8-14-31/h4-18,34-42H,19-30H2,1-3H3,(H,49,56)(H,50,55)(H,51,57)/t34-,35-,36-,37+,38+,39+,40-,41-,42-/m1/s1. The van der Waals surface area contributed by atoms with Gasteiger partial charge < -0.3 is 30.7 Å². The average Bonchev–Trinajstić information content (AvgIpc) is 4.08. The number of nitrogens with zero attached hydrogens (tertiary/aromatic N) is 3. The van der Waals surface area contributed by atoms with E-state index in [9.17, 15) is 28.8 Å². The molecule has 3 saturated carbocycles. The summed E-state index contributed by atoms with van der Waals surface area (Å²) in [5.74, 6) is -2.50. The van der Waals surface area contributed by atoms with Crippen molar-refractivity contribution in [2.45, 2.75) is 113 Å². The molecule has 0 spiro atoms. The molecule has 12 nitrogen and oxygen atoms in total. The first-order valence-electron chi connectivity index (χ1n) is 21.8. The second-order valence-corrected chi connectivity index (χ2v) is 17.6. The van der Waals surface area contributed by atoms with Gasteiger partial charge in [-0.3, -0.25) is 28.8 Å². The molecule has 7 rings (SSSR count). The highest BCUT2D eigenvalue weighted by Gasteiger charge is 2.42. The highest BCUT2D eigenvalue weighted by atomic mass is 16.2. The molecule has 318 valence electrons. The molecule has 3 aliphatic carbocycles. The van der Waals surface area contributed by atoms with Crippen molar-refractivity contribution >= 4 is 35.4 Å². The summed E-state index contributed by atoms with van der Waals surface area (Å²) in [6, 6.07) is 25.7.